The average molecular weight is 1140 g/mol. The molecule has 2 heterocycles. The van der Waals surface area contributed by atoms with Crippen molar-refractivity contribution in [2.45, 2.75) is 78.0 Å². The molecule has 0 aliphatic rings. The third kappa shape index (κ3) is 14.6. The number of aliphatic carboxylic acids is 2. The molecule has 0 spiro atoms. The van der Waals surface area contributed by atoms with E-state index < -0.39 is 36.1 Å². The van der Waals surface area contributed by atoms with Crippen LogP contribution in [-0.4, -0.2) is 61.1 Å². The Morgan fingerprint density at radius 2 is 1.01 bits per heavy atom. The Bertz CT molecular complexity index is 3410. The summed E-state index contributed by atoms with van der Waals surface area (Å²) >= 11 is 13.9. The summed E-state index contributed by atoms with van der Waals surface area (Å²) in [6.45, 7) is 2.97. The fourth-order valence-electron chi connectivity index (χ4n) is 9.56. The van der Waals surface area contributed by atoms with E-state index in [1.54, 1.807) is 73.1 Å². The van der Waals surface area contributed by atoms with Gasteiger partial charge in [-0.05, 0) is 107 Å². The van der Waals surface area contributed by atoms with Gasteiger partial charge in [0.25, 0.3) is 0 Å². The summed E-state index contributed by atoms with van der Waals surface area (Å²) in [6.07, 6.45) is 6.45. The smallest absolute Gasteiger partial charge is 0.326 e. The molecule has 418 valence electrons. The monoisotopic (exact) mass is 1140 g/mol. The van der Waals surface area contributed by atoms with Gasteiger partial charge in [0.05, 0.1) is 39.8 Å². The van der Waals surface area contributed by atoms with Crippen LogP contribution in [-0.2, 0) is 61.8 Å². The summed E-state index contributed by atoms with van der Waals surface area (Å²) in [6, 6.07) is 44.2. The molecule has 2 aromatic heterocycles. The molecule has 0 fully saturated rings. The highest BCUT2D eigenvalue weighted by Gasteiger charge is 2.39. The van der Waals surface area contributed by atoms with Gasteiger partial charge in [0.2, 0.25) is 0 Å². The van der Waals surface area contributed by atoms with E-state index in [0.717, 1.165) is 38.9 Å². The van der Waals surface area contributed by atoms with Crippen molar-refractivity contribution in [2.24, 2.45) is 5.41 Å². The normalized spacial score (nSPS) is 12.5. The fourth-order valence-corrected chi connectivity index (χ4v) is 10.0. The predicted octanol–water partition coefficient (Wildman–Crippen LogP) is 11.5. The minimum absolute atomic E-state index is 0.000144. The minimum atomic E-state index is -1.74. The molecule has 8 aromatic rings. The number of aromatic nitrogens is 2. The Labute approximate surface area is 485 Å². The van der Waals surface area contributed by atoms with Gasteiger partial charge in [-0.2, -0.15) is 10.5 Å². The molecule has 6 aromatic carbocycles. The zero-order valence-electron chi connectivity index (χ0n) is 45.1. The number of carboxylic acids is 2. The van der Waals surface area contributed by atoms with E-state index >= 15 is 0 Å². The van der Waals surface area contributed by atoms with Gasteiger partial charge in [0.15, 0.2) is 0 Å². The maximum absolute atomic E-state index is 12.8. The maximum Gasteiger partial charge on any atom is 0.326 e. The van der Waals surface area contributed by atoms with Crippen LogP contribution in [0.2, 0.25) is 10.0 Å². The van der Waals surface area contributed by atoms with Crippen LogP contribution in [0.3, 0.4) is 0 Å². The number of ether oxygens (including phenoxy) is 4. The molecule has 0 radical (unpaired) electrons. The molecule has 5 N–H and O–H groups in total. The molecule has 2 atom stereocenters. The van der Waals surface area contributed by atoms with Crippen molar-refractivity contribution in [3.8, 4) is 46.3 Å². The second-order valence-electron chi connectivity index (χ2n) is 20.0. The van der Waals surface area contributed by atoms with Crippen LogP contribution in [0.1, 0.15) is 73.2 Å². The van der Waals surface area contributed by atoms with Gasteiger partial charge in [-0.15, -0.1) is 0 Å². The number of aliphatic hydroxyl groups excluding tert-OH is 2. The molecule has 0 saturated heterocycles. The van der Waals surface area contributed by atoms with Gasteiger partial charge in [-0.25, -0.2) is 0 Å². The molecule has 82 heavy (non-hydrogen) atoms. The summed E-state index contributed by atoms with van der Waals surface area (Å²) in [7, 11) is 0. The van der Waals surface area contributed by atoms with Gasteiger partial charge in [0.1, 0.15) is 67.1 Å². The third-order valence-corrected chi connectivity index (χ3v) is 15.1. The number of aliphatic hydroxyl groups is 2. The summed E-state index contributed by atoms with van der Waals surface area (Å²) in [5.74, 6) is -1.03. The molecule has 0 amide bonds. The van der Waals surface area contributed by atoms with Crippen LogP contribution in [0.5, 0.6) is 23.0 Å². The number of hydrogen-bond acceptors (Lipinski definition) is 13. The molecule has 0 saturated carbocycles. The number of carbonyl (C=O) groups is 2. The van der Waals surface area contributed by atoms with E-state index in [-0.39, 0.29) is 68.7 Å². The molecule has 0 bridgehead atoms. The lowest BCUT2D eigenvalue weighted by Crippen LogP contribution is -2.56. The van der Waals surface area contributed by atoms with Gasteiger partial charge in [0, 0.05) is 66.6 Å². The van der Waals surface area contributed by atoms with Crippen molar-refractivity contribution in [3.05, 3.63) is 235 Å². The summed E-state index contributed by atoms with van der Waals surface area (Å²) < 4.78 is 25.6. The number of pyridine rings is 2. The summed E-state index contributed by atoms with van der Waals surface area (Å²) in [5.41, 5.74) is 6.89. The first kappa shape index (κ1) is 59.3. The number of halogens is 2. The lowest BCUT2D eigenvalue weighted by molar-refractivity contribution is -0.152. The highest BCUT2D eigenvalue weighted by atomic mass is 35.5. The quantitative estimate of drug-likeness (QED) is 0.0322. The third-order valence-electron chi connectivity index (χ3n) is 14.5. The van der Waals surface area contributed by atoms with Gasteiger partial charge < -0.3 is 39.4 Å². The Morgan fingerprint density at radius 3 is 1.48 bits per heavy atom. The van der Waals surface area contributed by atoms with Crippen LogP contribution in [0, 0.1) is 41.9 Å². The molecular formula is C65H59Cl2N5O10. The number of nitriles is 2. The molecule has 0 aliphatic heterocycles. The molecule has 8 rings (SSSR count). The van der Waals surface area contributed by atoms with E-state index in [0.29, 0.717) is 61.9 Å². The number of nitrogens with zero attached hydrogens (tertiary/aromatic N) is 4. The number of nitrogens with one attached hydrogen (secondary N) is 1. The van der Waals surface area contributed by atoms with E-state index in [9.17, 15) is 40.5 Å². The zero-order chi connectivity index (χ0) is 58.2. The lowest BCUT2D eigenvalue weighted by atomic mass is 9.77. The zero-order valence-corrected chi connectivity index (χ0v) is 46.6. The van der Waals surface area contributed by atoms with Crippen LogP contribution in [0.4, 0.5) is 0 Å². The van der Waals surface area contributed by atoms with Crippen molar-refractivity contribution < 1.29 is 49.0 Å². The standard InChI is InChI=1S/C65H59Cl2N5O10/c1-42-51(38-81-60-25-58(79-36-48-21-46(29-68)31-70-33-48)50(23-56(60)66)19-20-64(40-73,62(75)76)27-44-11-5-3-6-12-44)15-9-17-54(42)55-18-10-16-52(43(55)2)39-82-61-26-59(80-37-49-22-47(30-69)32-71-34-49)53(24-57(61)67)35-72-65(41-74,63(77)78)28-45-13-7-4-8-14-45/h3-18,21-26,31-34,72-74H,19-20,27-28,35-41H2,1-2H3,(H,75,76)(H,77,78). The highest BCUT2D eigenvalue weighted by Crippen LogP contribution is 2.40. The van der Waals surface area contributed by atoms with Crippen LogP contribution in [0.25, 0.3) is 11.1 Å². The summed E-state index contributed by atoms with van der Waals surface area (Å²) in [4.78, 5) is 33.9. The first-order valence-corrected chi connectivity index (χ1v) is 27.0. The van der Waals surface area contributed by atoms with E-state index in [4.69, 9.17) is 42.1 Å². The molecular weight excluding hydrogens is 1080 g/mol. The fraction of sp³-hybridized carbons (Fsp3) is 0.231. The Kier molecular flexibility index (Phi) is 20.0. The van der Waals surface area contributed by atoms with Crippen molar-refractivity contribution >= 4 is 35.1 Å². The van der Waals surface area contributed by atoms with Crippen LogP contribution < -0.4 is 24.3 Å². The maximum atomic E-state index is 12.8. The second kappa shape index (κ2) is 27.6. The average Bonchev–Trinajstić information content (AvgIpc) is 3.70. The first-order chi connectivity index (χ1) is 39.7. The number of carboxylic acid groups (broad SMARTS) is 2. The van der Waals surface area contributed by atoms with Gasteiger partial charge >= 0.3 is 11.9 Å². The summed E-state index contributed by atoms with van der Waals surface area (Å²) in [5, 5.41) is 64.5. The SMILES string of the molecule is Cc1c(COc2cc(OCc3cncc(C#N)c3)c(CCC(CO)(Cc3ccccc3)C(=O)O)cc2Cl)cccc1-c1cccc(COc2cc(OCc3cncc(C#N)c3)c(CNC(CO)(Cc3ccccc3)C(=O)O)cc2Cl)c1C. The van der Waals surface area contributed by atoms with Crippen molar-refractivity contribution in [2.75, 3.05) is 13.2 Å². The Hall–Kier alpha value is -8.80. The van der Waals surface area contributed by atoms with Crippen molar-refractivity contribution in [1.29, 1.82) is 10.5 Å². The van der Waals surface area contributed by atoms with Crippen LogP contribution >= 0.6 is 23.2 Å². The minimum Gasteiger partial charge on any atom is -0.488 e. The topological polar surface area (TPSA) is 237 Å². The first-order valence-electron chi connectivity index (χ1n) is 26.2. The molecule has 0 aliphatic carbocycles. The largest absolute Gasteiger partial charge is 0.488 e. The second-order valence-corrected chi connectivity index (χ2v) is 20.8. The van der Waals surface area contributed by atoms with E-state index in [1.165, 1.54) is 12.4 Å². The lowest BCUT2D eigenvalue weighted by Gasteiger charge is -2.29. The van der Waals surface area contributed by atoms with Gasteiger partial charge in [-0.1, -0.05) is 120 Å². The number of aryl methyl sites for hydroxylation is 1. The number of rotatable bonds is 27. The van der Waals surface area contributed by atoms with E-state index in [2.05, 4.69) is 27.4 Å². The highest BCUT2D eigenvalue weighted by molar-refractivity contribution is 6.32. The Morgan fingerprint density at radius 1 is 0.537 bits per heavy atom. The van der Waals surface area contributed by atoms with Crippen molar-refractivity contribution in [1.82, 2.24) is 15.3 Å². The Balaban J connectivity index is 1.02. The van der Waals surface area contributed by atoms with Crippen molar-refractivity contribution in [3.63, 3.8) is 0 Å². The number of benzene rings is 6. The van der Waals surface area contributed by atoms with Crippen LogP contribution in [0.15, 0.2) is 158 Å². The molecule has 2 unspecified atom stereocenters. The predicted molar refractivity (Wildman–Crippen MR) is 310 cm³/mol. The number of hydrogen-bond donors (Lipinski definition) is 5. The van der Waals surface area contributed by atoms with Gasteiger partial charge in [-0.3, -0.25) is 24.9 Å². The molecule has 17 heteroatoms. The van der Waals surface area contributed by atoms with E-state index in [1.807, 2.05) is 86.6 Å². The molecule has 15 nitrogen and oxygen atoms in total.